The maximum atomic E-state index is 12.4. The Balaban J connectivity index is 0.00000192. The summed E-state index contributed by atoms with van der Waals surface area (Å²) >= 11 is 0. The average molecular weight is 341 g/mol. The number of hydrogen-bond acceptors (Lipinski definition) is 4. The Kier molecular flexibility index (Phi) is 7.30. The molecule has 1 N–H and O–H groups in total. The number of halogens is 1. The molecule has 2 heterocycles. The van der Waals surface area contributed by atoms with Crippen LogP contribution < -0.4 is 5.32 Å². The van der Waals surface area contributed by atoms with E-state index in [4.69, 9.17) is 9.47 Å². The topological polar surface area (TPSA) is 50.8 Å². The predicted octanol–water partition coefficient (Wildman–Crippen LogP) is 1.60. The van der Waals surface area contributed by atoms with E-state index < -0.39 is 0 Å². The van der Waals surface area contributed by atoms with E-state index in [1.54, 1.807) is 0 Å². The van der Waals surface area contributed by atoms with Crippen LogP contribution in [0.4, 0.5) is 0 Å². The van der Waals surface area contributed by atoms with Gasteiger partial charge in [0.05, 0.1) is 19.3 Å². The molecule has 128 valence electrons. The van der Waals surface area contributed by atoms with E-state index in [-0.39, 0.29) is 30.5 Å². The van der Waals surface area contributed by atoms with Crippen LogP contribution in [0, 0.1) is 0 Å². The molecule has 1 unspecified atom stereocenters. The second kappa shape index (κ2) is 9.23. The lowest BCUT2D eigenvalue weighted by molar-refractivity contribution is -0.147. The van der Waals surface area contributed by atoms with Crippen LogP contribution in [0.15, 0.2) is 30.3 Å². The molecule has 2 aliphatic rings. The molecule has 2 fully saturated rings. The number of amides is 1. The van der Waals surface area contributed by atoms with Crippen LogP contribution in [-0.2, 0) is 20.9 Å². The highest BCUT2D eigenvalue weighted by Crippen LogP contribution is 2.17. The number of rotatable bonds is 4. The number of carbonyl (C=O) groups is 1. The Hall–Kier alpha value is -1.14. The first-order valence-corrected chi connectivity index (χ1v) is 8.09. The fourth-order valence-electron chi connectivity index (χ4n) is 2.96. The molecule has 2 saturated heterocycles. The minimum atomic E-state index is -0.310. The maximum absolute atomic E-state index is 12.4. The third kappa shape index (κ3) is 5.18. The molecule has 0 saturated carbocycles. The van der Waals surface area contributed by atoms with Crippen LogP contribution in [0.25, 0.3) is 0 Å². The fourth-order valence-corrected chi connectivity index (χ4v) is 2.96. The Morgan fingerprint density at radius 2 is 2.00 bits per heavy atom. The first kappa shape index (κ1) is 18.2. The highest BCUT2D eigenvalue weighted by atomic mass is 35.5. The van der Waals surface area contributed by atoms with Crippen molar-refractivity contribution < 1.29 is 14.3 Å². The van der Waals surface area contributed by atoms with Crippen LogP contribution in [-0.4, -0.2) is 55.8 Å². The lowest BCUT2D eigenvalue weighted by Gasteiger charge is -2.35. The second-order valence-corrected chi connectivity index (χ2v) is 5.88. The number of morpholine rings is 1. The molecule has 1 aromatic rings. The lowest BCUT2D eigenvalue weighted by atomic mass is 10.1. The predicted molar refractivity (Wildman–Crippen MR) is 90.7 cm³/mol. The smallest absolute Gasteiger partial charge is 0.253 e. The van der Waals surface area contributed by atoms with Crippen molar-refractivity contribution >= 4 is 18.3 Å². The van der Waals surface area contributed by atoms with Crippen LogP contribution in [0.3, 0.4) is 0 Å². The Morgan fingerprint density at radius 1 is 1.26 bits per heavy atom. The summed E-state index contributed by atoms with van der Waals surface area (Å²) in [6, 6.07) is 10.2. The van der Waals surface area contributed by atoms with Crippen molar-refractivity contribution in [2.24, 2.45) is 0 Å². The minimum absolute atomic E-state index is 0. The first-order chi connectivity index (χ1) is 10.8. The Bertz CT molecular complexity index is 472. The van der Waals surface area contributed by atoms with Gasteiger partial charge in [-0.1, -0.05) is 30.3 Å². The molecule has 6 heteroatoms. The van der Waals surface area contributed by atoms with Gasteiger partial charge in [0.25, 0.3) is 5.91 Å². The van der Waals surface area contributed by atoms with Crippen molar-refractivity contribution in [1.29, 1.82) is 0 Å². The van der Waals surface area contributed by atoms with E-state index in [2.05, 4.69) is 17.4 Å². The SMILES string of the molecule is Cl.O=C(C1CNCCO1)N1CCC(OCc2ccccc2)CC1. The van der Waals surface area contributed by atoms with Gasteiger partial charge in [0, 0.05) is 26.2 Å². The summed E-state index contributed by atoms with van der Waals surface area (Å²) in [5, 5.41) is 3.20. The number of carbonyl (C=O) groups excluding carboxylic acids is 1. The molecule has 1 atom stereocenters. The van der Waals surface area contributed by atoms with Gasteiger partial charge in [-0.2, -0.15) is 0 Å². The summed E-state index contributed by atoms with van der Waals surface area (Å²) in [5.74, 6) is 0.119. The molecule has 0 aliphatic carbocycles. The maximum Gasteiger partial charge on any atom is 0.253 e. The van der Waals surface area contributed by atoms with Gasteiger partial charge in [0.15, 0.2) is 0 Å². The normalized spacial score (nSPS) is 22.4. The van der Waals surface area contributed by atoms with Crippen molar-refractivity contribution in [2.45, 2.75) is 31.7 Å². The minimum Gasteiger partial charge on any atom is -0.373 e. The molecular formula is C17H25ClN2O3. The second-order valence-electron chi connectivity index (χ2n) is 5.88. The van der Waals surface area contributed by atoms with Gasteiger partial charge >= 0.3 is 0 Å². The molecular weight excluding hydrogens is 316 g/mol. The summed E-state index contributed by atoms with van der Waals surface area (Å²) in [6.45, 7) is 4.25. The van der Waals surface area contributed by atoms with Gasteiger partial charge in [-0.05, 0) is 18.4 Å². The largest absolute Gasteiger partial charge is 0.373 e. The highest BCUT2D eigenvalue weighted by Gasteiger charge is 2.30. The summed E-state index contributed by atoms with van der Waals surface area (Å²) in [7, 11) is 0. The monoisotopic (exact) mass is 340 g/mol. The number of nitrogens with one attached hydrogen (secondary N) is 1. The number of piperidine rings is 1. The van der Waals surface area contributed by atoms with Crippen LogP contribution in [0.5, 0.6) is 0 Å². The van der Waals surface area contributed by atoms with Crippen molar-refractivity contribution in [2.75, 3.05) is 32.8 Å². The number of hydrogen-bond donors (Lipinski definition) is 1. The molecule has 0 radical (unpaired) electrons. The van der Waals surface area contributed by atoms with Crippen LogP contribution in [0.2, 0.25) is 0 Å². The van der Waals surface area contributed by atoms with Gasteiger partial charge in [-0.25, -0.2) is 0 Å². The number of likely N-dealkylation sites (tertiary alicyclic amines) is 1. The molecule has 0 spiro atoms. The molecule has 1 amide bonds. The van der Waals surface area contributed by atoms with Crippen molar-refractivity contribution in [3.05, 3.63) is 35.9 Å². The highest BCUT2D eigenvalue weighted by molar-refractivity contribution is 5.85. The standard InChI is InChI=1S/C17H24N2O3.ClH/c20-17(16-12-18-8-11-21-16)19-9-6-15(7-10-19)22-13-14-4-2-1-3-5-14;/h1-5,15-16,18H,6-13H2;1H. The van der Waals surface area contributed by atoms with Gasteiger partial charge in [-0.15, -0.1) is 12.4 Å². The Labute approximate surface area is 143 Å². The quantitative estimate of drug-likeness (QED) is 0.904. The number of nitrogens with zero attached hydrogens (tertiary/aromatic N) is 1. The molecule has 1 aromatic carbocycles. The van der Waals surface area contributed by atoms with Crippen molar-refractivity contribution in [1.82, 2.24) is 10.2 Å². The molecule has 5 nitrogen and oxygen atoms in total. The number of benzene rings is 1. The third-order valence-corrected chi connectivity index (χ3v) is 4.29. The van der Waals surface area contributed by atoms with Crippen LogP contribution in [0.1, 0.15) is 18.4 Å². The zero-order chi connectivity index (χ0) is 15.2. The van der Waals surface area contributed by atoms with Gasteiger partial charge in [0.1, 0.15) is 6.10 Å². The molecule has 0 aromatic heterocycles. The van der Waals surface area contributed by atoms with Gasteiger partial charge in [-0.3, -0.25) is 4.79 Å². The Morgan fingerprint density at radius 3 is 2.65 bits per heavy atom. The van der Waals surface area contributed by atoms with Gasteiger partial charge in [0.2, 0.25) is 0 Å². The first-order valence-electron chi connectivity index (χ1n) is 8.09. The van der Waals surface area contributed by atoms with Crippen LogP contribution >= 0.6 is 12.4 Å². The van der Waals surface area contributed by atoms with E-state index in [0.717, 1.165) is 32.5 Å². The van der Waals surface area contributed by atoms with E-state index in [9.17, 15) is 4.79 Å². The molecule has 3 rings (SSSR count). The zero-order valence-electron chi connectivity index (χ0n) is 13.3. The van der Waals surface area contributed by atoms with Gasteiger partial charge < -0.3 is 19.7 Å². The summed E-state index contributed by atoms with van der Waals surface area (Å²) in [4.78, 5) is 14.3. The fraction of sp³-hybridized carbons (Fsp3) is 0.588. The molecule has 23 heavy (non-hydrogen) atoms. The summed E-state index contributed by atoms with van der Waals surface area (Å²) in [5.41, 5.74) is 1.20. The van der Waals surface area contributed by atoms with E-state index >= 15 is 0 Å². The van der Waals surface area contributed by atoms with E-state index in [0.29, 0.717) is 19.8 Å². The van der Waals surface area contributed by atoms with E-state index in [1.165, 1.54) is 5.56 Å². The number of ether oxygens (including phenoxy) is 2. The summed E-state index contributed by atoms with van der Waals surface area (Å²) < 4.78 is 11.5. The lowest BCUT2D eigenvalue weighted by Crippen LogP contribution is -2.51. The molecule has 0 bridgehead atoms. The third-order valence-electron chi connectivity index (χ3n) is 4.29. The zero-order valence-corrected chi connectivity index (χ0v) is 14.1. The summed E-state index contributed by atoms with van der Waals surface area (Å²) in [6.07, 6.45) is 1.74. The van der Waals surface area contributed by atoms with Crippen molar-refractivity contribution in [3.8, 4) is 0 Å². The van der Waals surface area contributed by atoms with Crippen molar-refractivity contribution in [3.63, 3.8) is 0 Å². The molecule has 2 aliphatic heterocycles. The van der Waals surface area contributed by atoms with E-state index in [1.807, 2.05) is 23.1 Å². The average Bonchev–Trinajstić information content (AvgIpc) is 2.61.